The fraction of sp³-hybridized carbons (Fsp3) is 0.130. The molecule has 6 nitrogen and oxygen atoms in total. The number of carbonyl (C=O) groups excluding carboxylic acids is 3. The topological polar surface area (TPSA) is 85.4 Å². The van der Waals surface area contributed by atoms with Crippen LogP contribution in [0, 0.1) is 0 Å². The molecule has 0 saturated carbocycles. The van der Waals surface area contributed by atoms with Crippen molar-refractivity contribution in [2.45, 2.75) is 13.3 Å². The van der Waals surface area contributed by atoms with E-state index in [2.05, 4.69) is 10.3 Å². The van der Waals surface area contributed by atoms with Gasteiger partial charge in [-0.25, -0.2) is 4.79 Å². The van der Waals surface area contributed by atoms with E-state index >= 15 is 0 Å². The number of ketones is 1. The molecule has 1 heterocycles. The van der Waals surface area contributed by atoms with Gasteiger partial charge in [0.05, 0.1) is 5.52 Å². The Hall–Kier alpha value is -3.80. The Morgan fingerprint density at radius 1 is 1.03 bits per heavy atom. The molecule has 1 amide bonds. The zero-order valence-corrected chi connectivity index (χ0v) is 15.9. The van der Waals surface area contributed by atoms with Gasteiger partial charge in [0, 0.05) is 40.9 Å². The van der Waals surface area contributed by atoms with Crippen molar-refractivity contribution >= 4 is 40.3 Å². The molecule has 0 bridgehead atoms. The van der Waals surface area contributed by atoms with Crippen molar-refractivity contribution in [3.63, 3.8) is 0 Å². The lowest BCUT2D eigenvalue weighted by Crippen LogP contribution is -2.13. The minimum atomic E-state index is -0.613. The summed E-state index contributed by atoms with van der Waals surface area (Å²) in [6.45, 7) is 1.39. The molecule has 1 aromatic heterocycles. The molecule has 0 aliphatic heterocycles. The summed E-state index contributed by atoms with van der Waals surface area (Å²) in [6, 6.07) is 15.9. The summed E-state index contributed by atoms with van der Waals surface area (Å²) in [6.07, 6.45) is 4.96. The SMILES string of the molecule is CCC(=O)Nc1ccc(C(=O)COC(=O)/C=C/c2cccc3cccnc23)cc1. The van der Waals surface area contributed by atoms with E-state index in [1.165, 1.54) is 6.08 Å². The average molecular weight is 388 g/mol. The number of para-hydroxylation sites is 1. The van der Waals surface area contributed by atoms with Crippen molar-refractivity contribution in [2.24, 2.45) is 0 Å². The zero-order valence-electron chi connectivity index (χ0n) is 15.9. The van der Waals surface area contributed by atoms with Crippen molar-refractivity contribution in [2.75, 3.05) is 11.9 Å². The Labute approximate surface area is 168 Å². The van der Waals surface area contributed by atoms with E-state index < -0.39 is 5.97 Å². The van der Waals surface area contributed by atoms with E-state index in [-0.39, 0.29) is 18.3 Å². The number of fused-ring (bicyclic) bond motifs is 1. The first-order valence-corrected chi connectivity index (χ1v) is 9.18. The van der Waals surface area contributed by atoms with Crippen molar-refractivity contribution in [1.29, 1.82) is 0 Å². The summed E-state index contributed by atoms with van der Waals surface area (Å²) < 4.78 is 5.04. The van der Waals surface area contributed by atoms with Crippen LogP contribution in [-0.2, 0) is 14.3 Å². The number of hydrogen-bond acceptors (Lipinski definition) is 5. The molecule has 3 rings (SSSR count). The first kappa shape index (κ1) is 19.9. The van der Waals surface area contributed by atoms with Gasteiger partial charge in [-0.2, -0.15) is 0 Å². The van der Waals surface area contributed by atoms with Crippen LogP contribution in [-0.4, -0.2) is 29.3 Å². The highest BCUT2D eigenvalue weighted by Crippen LogP contribution is 2.17. The summed E-state index contributed by atoms with van der Waals surface area (Å²) >= 11 is 0. The van der Waals surface area contributed by atoms with Gasteiger partial charge >= 0.3 is 5.97 Å². The number of nitrogens with zero attached hydrogens (tertiary/aromatic N) is 1. The molecule has 0 saturated heterocycles. The summed E-state index contributed by atoms with van der Waals surface area (Å²) in [5.74, 6) is -1.05. The lowest BCUT2D eigenvalue weighted by atomic mass is 10.1. The van der Waals surface area contributed by atoms with Gasteiger partial charge in [-0.1, -0.05) is 31.2 Å². The molecular formula is C23H20N2O4. The number of pyridine rings is 1. The number of benzene rings is 2. The van der Waals surface area contributed by atoms with E-state index in [1.54, 1.807) is 43.5 Å². The van der Waals surface area contributed by atoms with Crippen LogP contribution in [0.5, 0.6) is 0 Å². The molecule has 0 radical (unpaired) electrons. The van der Waals surface area contributed by atoms with E-state index in [9.17, 15) is 14.4 Å². The Bertz CT molecular complexity index is 1070. The highest BCUT2D eigenvalue weighted by atomic mass is 16.5. The third kappa shape index (κ3) is 5.35. The molecule has 146 valence electrons. The number of esters is 1. The Balaban J connectivity index is 1.56. The Kier molecular flexibility index (Phi) is 6.47. The van der Waals surface area contributed by atoms with E-state index in [4.69, 9.17) is 4.74 Å². The molecule has 3 aromatic rings. The van der Waals surface area contributed by atoms with Crippen molar-refractivity contribution < 1.29 is 19.1 Å². The predicted octanol–water partition coefficient (Wildman–Crippen LogP) is 4.02. The average Bonchev–Trinajstić information content (AvgIpc) is 2.76. The molecular weight excluding hydrogens is 368 g/mol. The predicted molar refractivity (Wildman–Crippen MR) is 111 cm³/mol. The number of hydrogen-bond donors (Lipinski definition) is 1. The molecule has 0 aliphatic carbocycles. The van der Waals surface area contributed by atoms with Gasteiger partial charge in [-0.3, -0.25) is 14.6 Å². The lowest BCUT2D eigenvalue weighted by molar-refractivity contribution is -0.136. The fourth-order valence-corrected chi connectivity index (χ4v) is 2.68. The normalized spacial score (nSPS) is 10.8. The van der Waals surface area contributed by atoms with Crippen LogP contribution in [0.1, 0.15) is 29.3 Å². The molecule has 29 heavy (non-hydrogen) atoms. The van der Waals surface area contributed by atoms with Gasteiger partial charge in [0.15, 0.2) is 12.4 Å². The molecule has 0 fully saturated rings. The van der Waals surface area contributed by atoms with Crippen molar-refractivity contribution in [1.82, 2.24) is 4.98 Å². The fourth-order valence-electron chi connectivity index (χ4n) is 2.68. The second-order valence-corrected chi connectivity index (χ2v) is 6.27. The maximum atomic E-state index is 12.2. The van der Waals surface area contributed by atoms with Gasteiger partial charge in [0.25, 0.3) is 0 Å². The Morgan fingerprint density at radius 2 is 1.79 bits per heavy atom. The van der Waals surface area contributed by atoms with E-state index in [1.807, 2.05) is 30.3 Å². The highest BCUT2D eigenvalue weighted by molar-refractivity contribution is 6.00. The third-order valence-electron chi connectivity index (χ3n) is 4.22. The molecule has 2 aromatic carbocycles. The van der Waals surface area contributed by atoms with Crippen LogP contribution in [0.15, 0.2) is 66.9 Å². The number of amides is 1. The number of ether oxygens (including phenoxy) is 1. The van der Waals surface area contributed by atoms with Gasteiger partial charge in [-0.05, 0) is 36.4 Å². The van der Waals surface area contributed by atoms with Crippen LogP contribution in [0.25, 0.3) is 17.0 Å². The smallest absolute Gasteiger partial charge is 0.331 e. The maximum Gasteiger partial charge on any atom is 0.331 e. The second kappa shape index (κ2) is 9.41. The summed E-state index contributed by atoms with van der Waals surface area (Å²) in [7, 11) is 0. The van der Waals surface area contributed by atoms with E-state index in [0.717, 1.165) is 16.5 Å². The minimum absolute atomic E-state index is 0.105. The number of carbonyl (C=O) groups is 3. The van der Waals surface area contributed by atoms with Crippen molar-refractivity contribution in [3.05, 3.63) is 78.0 Å². The number of nitrogens with one attached hydrogen (secondary N) is 1. The maximum absolute atomic E-state index is 12.2. The van der Waals surface area contributed by atoms with Crippen LogP contribution in [0.4, 0.5) is 5.69 Å². The monoisotopic (exact) mass is 388 g/mol. The number of rotatable bonds is 7. The highest BCUT2D eigenvalue weighted by Gasteiger charge is 2.09. The molecule has 0 atom stereocenters. The number of anilines is 1. The molecule has 6 heteroatoms. The minimum Gasteiger partial charge on any atom is -0.454 e. The van der Waals surface area contributed by atoms with Gasteiger partial charge in [0.1, 0.15) is 0 Å². The van der Waals surface area contributed by atoms with Gasteiger partial charge in [-0.15, -0.1) is 0 Å². The third-order valence-corrected chi connectivity index (χ3v) is 4.22. The van der Waals surface area contributed by atoms with Crippen LogP contribution in [0.2, 0.25) is 0 Å². The first-order valence-electron chi connectivity index (χ1n) is 9.18. The largest absolute Gasteiger partial charge is 0.454 e. The summed E-state index contributed by atoms with van der Waals surface area (Å²) in [4.78, 5) is 39.8. The standard InChI is InChI=1S/C23H20N2O4/c1-2-21(27)25-19-11-8-16(9-12-19)20(26)15-29-22(28)13-10-18-6-3-5-17-7-4-14-24-23(17)18/h3-14H,2,15H2,1H3,(H,25,27)/b13-10+. The lowest BCUT2D eigenvalue weighted by Gasteiger charge is -2.05. The molecule has 0 spiro atoms. The van der Waals surface area contributed by atoms with Gasteiger partial charge in [0.2, 0.25) is 5.91 Å². The summed E-state index contributed by atoms with van der Waals surface area (Å²) in [5, 5.41) is 3.67. The zero-order chi connectivity index (χ0) is 20.6. The number of Topliss-reactive ketones (excluding diaryl/α,β-unsaturated/α-hetero) is 1. The van der Waals surface area contributed by atoms with Crippen LogP contribution >= 0.6 is 0 Å². The second-order valence-electron chi connectivity index (χ2n) is 6.27. The van der Waals surface area contributed by atoms with E-state index in [0.29, 0.717) is 17.7 Å². The Morgan fingerprint density at radius 3 is 2.55 bits per heavy atom. The van der Waals surface area contributed by atoms with Crippen molar-refractivity contribution in [3.8, 4) is 0 Å². The molecule has 0 aliphatic rings. The number of aromatic nitrogens is 1. The molecule has 1 N–H and O–H groups in total. The van der Waals surface area contributed by atoms with Crippen LogP contribution in [0.3, 0.4) is 0 Å². The molecule has 0 unspecified atom stereocenters. The van der Waals surface area contributed by atoms with Crippen LogP contribution < -0.4 is 5.32 Å². The first-order chi connectivity index (χ1) is 14.1. The summed E-state index contributed by atoms with van der Waals surface area (Å²) in [5.41, 5.74) is 2.58. The van der Waals surface area contributed by atoms with Gasteiger partial charge < -0.3 is 10.1 Å². The quantitative estimate of drug-likeness (QED) is 0.375.